The van der Waals surface area contributed by atoms with Crippen LogP contribution in [-0.2, 0) is 0 Å². The summed E-state index contributed by atoms with van der Waals surface area (Å²) < 4.78 is 5.59. The van der Waals surface area contributed by atoms with E-state index in [1.54, 1.807) is 0 Å². The molecule has 0 aliphatic carbocycles. The van der Waals surface area contributed by atoms with Crippen LogP contribution >= 0.6 is 11.6 Å². The Morgan fingerprint density at radius 1 is 1.16 bits per heavy atom. The van der Waals surface area contributed by atoms with E-state index in [0.29, 0.717) is 11.0 Å². The van der Waals surface area contributed by atoms with Gasteiger partial charge in [0.1, 0.15) is 23.0 Å². The Bertz CT molecular complexity index is 555. The smallest absolute Gasteiger partial charge is 0.138 e. The van der Waals surface area contributed by atoms with E-state index in [1.165, 1.54) is 6.33 Å². The summed E-state index contributed by atoms with van der Waals surface area (Å²) in [6.45, 7) is 5.87. The topological polar surface area (TPSA) is 47.0 Å². The molecule has 0 saturated carbocycles. The second-order valence-corrected chi connectivity index (χ2v) is 4.81. The monoisotopic (exact) mass is 277 g/mol. The molecule has 0 fully saturated rings. The molecule has 0 aliphatic heterocycles. The predicted octanol–water partition coefficient (Wildman–Crippen LogP) is 3.97. The summed E-state index contributed by atoms with van der Waals surface area (Å²) in [5.41, 5.74) is 1.75. The second-order valence-electron chi connectivity index (χ2n) is 4.45. The van der Waals surface area contributed by atoms with Crippen LogP contribution in [0.15, 0.2) is 30.6 Å². The summed E-state index contributed by atoms with van der Waals surface area (Å²) in [5, 5.41) is 3.66. The van der Waals surface area contributed by atoms with Gasteiger partial charge in [-0.1, -0.05) is 11.6 Å². The maximum atomic E-state index is 5.95. The zero-order valence-electron chi connectivity index (χ0n) is 11.1. The first-order valence-electron chi connectivity index (χ1n) is 6.07. The van der Waals surface area contributed by atoms with Gasteiger partial charge in [0.2, 0.25) is 0 Å². The molecule has 0 aliphatic rings. The maximum Gasteiger partial charge on any atom is 0.138 e. The van der Waals surface area contributed by atoms with Crippen molar-refractivity contribution in [2.75, 3.05) is 5.32 Å². The van der Waals surface area contributed by atoms with Crippen LogP contribution in [0.25, 0.3) is 0 Å². The van der Waals surface area contributed by atoms with Gasteiger partial charge < -0.3 is 10.1 Å². The summed E-state index contributed by atoms with van der Waals surface area (Å²) in [5.74, 6) is 1.55. The van der Waals surface area contributed by atoms with Gasteiger partial charge in [-0.15, -0.1) is 0 Å². The van der Waals surface area contributed by atoms with Crippen molar-refractivity contribution in [3.63, 3.8) is 0 Å². The van der Waals surface area contributed by atoms with E-state index in [-0.39, 0.29) is 6.10 Å². The number of hydrogen-bond acceptors (Lipinski definition) is 4. The molecule has 0 radical (unpaired) electrons. The van der Waals surface area contributed by atoms with Gasteiger partial charge in [0.15, 0.2) is 0 Å². The van der Waals surface area contributed by atoms with Crippen LogP contribution in [0.1, 0.15) is 19.4 Å². The number of nitrogens with one attached hydrogen (secondary N) is 1. The summed E-state index contributed by atoms with van der Waals surface area (Å²) in [6, 6.07) is 7.71. The Kier molecular flexibility index (Phi) is 4.22. The lowest BCUT2D eigenvalue weighted by atomic mass is 10.2. The fraction of sp³-hybridized carbons (Fsp3) is 0.286. The van der Waals surface area contributed by atoms with E-state index < -0.39 is 0 Å². The zero-order valence-corrected chi connectivity index (χ0v) is 11.9. The molecule has 1 aromatic carbocycles. The minimum absolute atomic E-state index is 0.168. The largest absolute Gasteiger partial charge is 0.491 e. The summed E-state index contributed by atoms with van der Waals surface area (Å²) >= 11 is 5.95. The Morgan fingerprint density at radius 3 is 2.47 bits per heavy atom. The van der Waals surface area contributed by atoms with Gasteiger partial charge in [0, 0.05) is 11.3 Å². The van der Waals surface area contributed by atoms with Gasteiger partial charge >= 0.3 is 0 Å². The van der Waals surface area contributed by atoms with Gasteiger partial charge in [0.05, 0.1) is 6.10 Å². The Labute approximate surface area is 117 Å². The molecule has 0 amide bonds. The highest BCUT2D eigenvalue weighted by molar-refractivity contribution is 6.30. The molecule has 2 rings (SSSR count). The van der Waals surface area contributed by atoms with Crippen molar-refractivity contribution in [3.8, 4) is 5.75 Å². The molecule has 0 spiro atoms. The fourth-order valence-corrected chi connectivity index (χ4v) is 1.71. The molecule has 0 unspecified atom stereocenters. The first-order valence-corrected chi connectivity index (χ1v) is 6.45. The third-order valence-corrected chi connectivity index (χ3v) is 2.89. The average Bonchev–Trinajstić information content (AvgIpc) is 2.37. The van der Waals surface area contributed by atoms with Crippen LogP contribution in [0.2, 0.25) is 5.15 Å². The van der Waals surface area contributed by atoms with E-state index in [2.05, 4.69) is 15.3 Å². The third-order valence-electron chi connectivity index (χ3n) is 2.51. The molecule has 1 aromatic heterocycles. The lowest BCUT2D eigenvalue weighted by Crippen LogP contribution is -2.05. The Balaban J connectivity index is 2.13. The molecule has 1 heterocycles. The van der Waals surface area contributed by atoms with E-state index in [0.717, 1.165) is 17.0 Å². The first kappa shape index (κ1) is 13.6. The van der Waals surface area contributed by atoms with Crippen molar-refractivity contribution >= 4 is 23.1 Å². The predicted molar refractivity (Wildman–Crippen MR) is 77.3 cm³/mol. The normalized spacial score (nSPS) is 10.6. The fourth-order valence-electron chi connectivity index (χ4n) is 1.58. The van der Waals surface area contributed by atoms with Crippen molar-refractivity contribution in [3.05, 3.63) is 41.3 Å². The second kappa shape index (κ2) is 5.89. The van der Waals surface area contributed by atoms with E-state index in [4.69, 9.17) is 16.3 Å². The molecular formula is C14H16ClN3O. The Hall–Kier alpha value is -1.81. The van der Waals surface area contributed by atoms with Gasteiger partial charge in [-0.25, -0.2) is 9.97 Å². The minimum Gasteiger partial charge on any atom is -0.491 e. The molecule has 5 heteroatoms. The lowest BCUT2D eigenvalue weighted by molar-refractivity contribution is 0.242. The number of nitrogens with zero attached hydrogens (tertiary/aromatic N) is 2. The van der Waals surface area contributed by atoms with E-state index in [1.807, 2.05) is 45.0 Å². The van der Waals surface area contributed by atoms with Gasteiger partial charge in [0.25, 0.3) is 0 Å². The summed E-state index contributed by atoms with van der Waals surface area (Å²) in [6.07, 6.45) is 1.61. The SMILES string of the molecule is Cc1c(Cl)ncnc1Nc1ccc(OC(C)C)cc1. The number of rotatable bonds is 4. The van der Waals surface area contributed by atoms with Crippen LogP contribution in [0.3, 0.4) is 0 Å². The van der Waals surface area contributed by atoms with Crippen LogP contribution in [-0.4, -0.2) is 16.1 Å². The highest BCUT2D eigenvalue weighted by Crippen LogP contribution is 2.23. The Morgan fingerprint density at radius 2 is 1.84 bits per heavy atom. The van der Waals surface area contributed by atoms with Crippen molar-refractivity contribution < 1.29 is 4.74 Å². The van der Waals surface area contributed by atoms with Crippen molar-refractivity contribution in [1.82, 2.24) is 9.97 Å². The maximum absolute atomic E-state index is 5.95. The summed E-state index contributed by atoms with van der Waals surface area (Å²) in [7, 11) is 0. The van der Waals surface area contributed by atoms with Crippen LogP contribution in [0.5, 0.6) is 5.75 Å². The number of aromatic nitrogens is 2. The van der Waals surface area contributed by atoms with E-state index in [9.17, 15) is 0 Å². The van der Waals surface area contributed by atoms with Gasteiger partial charge in [-0.2, -0.15) is 0 Å². The quantitative estimate of drug-likeness (QED) is 0.859. The highest BCUT2D eigenvalue weighted by atomic mass is 35.5. The zero-order chi connectivity index (χ0) is 13.8. The van der Waals surface area contributed by atoms with Crippen molar-refractivity contribution in [1.29, 1.82) is 0 Å². The molecule has 0 atom stereocenters. The number of halogens is 1. The molecule has 1 N–H and O–H groups in total. The highest BCUT2D eigenvalue weighted by Gasteiger charge is 2.05. The average molecular weight is 278 g/mol. The van der Waals surface area contributed by atoms with E-state index >= 15 is 0 Å². The first-order chi connectivity index (χ1) is 9.06. The molecule has 4 nitrogen and oxygen atoms in total. The lowest BCUT2D eigenvalue weighted by Gasteiger charge is -2.11. The third kappa shape index (κ3) is 3.58. The summed E-state index contributed by atoms with van der Waals surface area (Å²) in [4.78, 5) is 8.09. The molecule has 0 saturated heterocycles. The van der Waals surface area contributed by atoms with Crippen LogP contribution < -0.4 is 10.1 Å². The minimum atomic E-state index is 0.168. The van der Waals surface area contributed by atoms with Crippen LogP contribution in [0.4, 0.5) is 11.5 Å². The number of hydrogen-bond donors (Lipinski definition) is 1. The number of benzene rings is 1. The van der Waals surface area contributed by atoms with Crippen molar-refractivity contribution in [2.24, 2.45) is 0 Å². The van der Waals surface area contributed by atoms with Gasteiger partial charge in [-0.3, -0.25) is 0 Å². The number of ether oxygens (including phenoxy) is 1. The standard InChI is InChI=1S/C14H16ClN3O/c1-9(2)19-12-6-4-11(5-7-12)18-14-10(3)13(15)16-8-17-14/h4-9H,1-3H3,(H,16,17,18). The van der Waals surface area contributed by atoms with Crippen LogP contribution in [0, 0.1) is 6.92 Å². The molecule has 0 bridgehead atoms. The molecular weight excluding hydrogens is 262 g/mol. The molecule has 100 valence electrons. The molecule has 2 aromatic rings. The van der Waals surface area contributed by atoms with Crippen molar-refractivity contribution in [2.45, 2.75) is 26.9 Å². The molecule has 19 heavy (non-hydrogen) atoms. The number of anilines is 2. The van der Waals surface area contributed by atoms with Gasteiger partial charge in [-0.05, 0) is 45.0 Å².